The molecule has 0 aromatic heterocycles. The predicted octanol–water partition coefficient (Wildman–Crippen LogP) is 2.43. The molecule has 2 nitrogen and oxygen atoms in total. The highest BCUT2D eigenvalue weighted by Gasteiger charge is 2.30. The lowest BCUT2D eigenvalue weighted by Gasteiger charge is -2.07. The van der Waals surface area contributed by atoms with E-state index in [2.05, 4.69) is 0 Å². The SMILES string of the molecule is [NH]c1ccc(C(F)(F)F)cc1C=O. The Morgan fingerprint density at radius 1 is 1.31 bits per heavy atom. The van der Waals surface area contributed by atoms with Crippen LogP contribution >= 0.6 is 0 Å². The average molecular weight is 188 g/mol. The van der Waals surface area contributed by atoms with Gasteiger partial charge in [-0.3, -0.25) is 4.79 Å². The standard InChI is InChI=1S/C8H5F3NO/c9-8(10,11)6-1-2-7(12)5(3-6)4-13/h1-4,12H. The van der Waals surface area contributed by atoms with E-state index in [4.69, 9.17) is 5.73 Å². The van der Waals surface area contributed by atoms with Crippen LogP contribution in [0.1, 0.15) is 15.9 Å². The normalized spacial score (nSPS) is 11.3. The molecule has 0 bridgehead atoms. The molecule has 0 amide bonds. The highest BCUT2D eigenvalue weighted by atomic mass is 19.4. The molecule has 0 saturated heterocycles. The van der Waals surface area contributed by atoms with Crippen molar-refractivity contribution in [1.82, 2.24) is 5.73 Å². The summed E-state index contributed by atoms with van der Waals surface area (Å²) in [6.07, 6.45) is -4.23. The van der Waals surface area contributed by atoms with Gasteiger partial charge in [-0.1, -0.05) is 0 Å². The van der Waals surface area contributed by atoms with Gasteiger partial charge in [0.05, 0.1) is 11.3 Å². The molecule has 0 heterocycles. The highest BCUT2D eigenvalue weighted by Crippen LogP contribution is 2.30. The van der Waals surface area contributed by atoms with Gasteiger partial charge in [-0.05, 0) is 18.2 Å². The highest BCUT2D eigenvalue weighted by molar-refractivity contribution is 5.82. The topological polar surface area (TPSA) is 40.9 Å². The van der Waals surface area contributed by atoms with Crippen LogP contribution in [-0.2, 0) is 6.18 Å². The number of alkyl halides is 3. The first-order chi connectivity index (χ1) is 5.95. The molecule has 0 fully saturated rings. The number of benzene rings is 1. The van der Waals surface area contributed by atoms with Crippen LogP contribution in [0.25, 0.3) is 0 Å². The van der Waals surface area contributed by atoms with E-state index in [1.807, 2.05) is 0 Å². The molecule has 0 saturated carbocycles. The summed E-state index contributed by atoms with van der Waals surface area (Å²) in [6.45, 7) is 0. The van der Waals surface area contributed by atoms with Gasteiger partial charge >= 0.3 is 6.18 Å². The van der Waals surface area contributed by atoms with Crippen LogP contribution in [0.2, 0.25) is 0 Å². The molecule has 1 radical (unpaired) electrons. The Balaban J connectivity index is 3.21. The van der Waals surface area contributed by atoms with Gasteiger partial charge < -0.3 is 5.73 Å². The lowest BCUT2D eigenvalue weighted by molar-refractivity contribution is -0.137. The molecule has 0 spiro atoms. The molecular formula is C8H5F3NO. The molecule has 69 valence electrons. The minimum atomic E-state index is -4.47. The van der Waals surface area contributed by atoms with Crippen LogP contribution in [-0.4, -0.2) is 6.29 Å². The molecule has 0 aliphatic carbocycles. The Hall–Kier alpha value is -1.52. The van der Waals surface area contributed by atoms with Crippen molar-refractivity contribution in [1.29, 1.82) is 0 Å². The molecule has 5 heteroatoms. The number of hydrogen-bond acceptors (Lipinski definition) is 1. The summed E-state index contributed by atoms with van der Waals surface area (Å²) in [7, 11) is 0. The summed E-state index contributed by atoms with van der Waals surface area (Å²) in [4.78, 5) is 10.2. The third-order valence-electron chi connectivity index (χ3n) is 1.51. The van der Waals surface area contributed by atoms with Crippen LogP contribution < -0.4 is 5.73 Å². The van der Waals surface area contributed by atoms with Gasteiger partial charge in [0.25, 0.3) is 0 Å². The Kier molecular flexibility index (Phi) is 2.27. The molecular weight excluding hydrogens is 183 g/mol. The van der Waals surface area contributed by atoms with Crippen LogP contribution in [0, 0.1) is 0 Å². The summed E-state index contributed by atoms with van der Waals surface area (Å²) in [6, 6.07) is 2.39. The van der Waals surface area contributed by atoms with Gasteiger partial charge in [0, 0.05) is 5.56 Å². The summed E-state index contributed by atoms with van der Waals surface area (Å²) >= 11 is 0. The minimum Gasteiger partial charge on any atom is -0.300 e. The van der Waals surface area contributed by atoms with E-state index in [1.165, 1.54) is 0 Å². The maximum atomic E-state index is 12.1. The van der Waals surface area contributed by atoms with Gasteiger partial charge in [-0.25, -0.2) is 0 Å². The molecule has 0 aliphatic heterocycles. The zero-order chi connectivity index (χ0) is 10.1. The van der Waals surface area contributed by atoms with E-state index in [1.54, 1.807) is 0 Å². The second kappa shape index (κ2) is 3.08. The number of hydrogen-bond donors (Lipinski definition) is 0. The number of rotatable bonds is 1. The van der Waals surface area contributed by atoms with Crippen molar-refractivity contribution in [2.75, 3.05) is 0 Å². The zero-order valence-corrected chi connectivity index (χ0v) is 6.35. The monoisotopic (exact) mass is 188 g/mol. The molecule has 0 unspecified atom stereocenters. The first-order valence-electron chi connectivity index (χ1n) is 3.33. The van der Waals surface area contributed by atoms with E-state index in [-0.39, 0.29) is 17.5 Å². The maximum Gasteiger partial charge on any atom is 0.416 e. The van der Waals surface area contributed by atoms with Crippen LogP contribution in [0.5, 0.6) is 0 Å². The van der Waals surface area contributed by atoms with E-state index < -0.39 is 11.7 Å². The Bertz CT molecular complexity index is 333. The van der Waals surface area contributed by atoms with E-state index in [9.17, 15) is 18.0 Å². The largest absolute Gasteiger partial charge is 0.416 e. The second-order valence-corrected chi connectivity index (χ2v) is 2.42. The number of aldehydes is 1. The van der Waals surface area contributed by atoms with Crippen molar-refractivity contribution in [3.63, 3.8) is 0 Å². The number of carbonyl (C=O) groups excluding carboxylic acids is 1. The van der Waals surface area contributed by atoms with Gasteiger partial charge in [-0.15, -0.1) is 0 Å². The average Bonchev–Trinajstić information content (AvgIpc) is 2.03. The third-order valence-corrected chi connectivity index (χ3v) is 1.51. The van der Waals surface area contributed by atoms with Crippen molar-refractivity contribution < 1.29 is 18.0 Å². The smallest absolute Gasteiger partial charge is 0.300 e. The van der Waals surface area contributed by atoms with Crippen molar-refractivity contribution in [3.8, 4) is 0 Å². The maximum absolute atomic E-state index is 12.1. The van der Waals surface area contributed by atoms with Crippen molar-refractivity contribution in [3.05, 3.63) is 29.3 Å². The van der Waals surface area contributed by atoms with Crippen LogP contribution in [0.15, 0.2) is 18.2 Å². The lowest BCUT2D eigenvalue weighted by atomic mass is 10.1. The lowest BCUT2D eigenvalue weighted by Crippen LogP contribution is -2.05. The predicted molar refractivity (Wildman–Crippen MR) is 39.6 cm³/mol. The van der Waals surface area contributed by atoms with Crippen molar-refractivity contribution >= 4 is 12.0 Å². The molecule has 1 rings (SSSR count). The zero-order valence-electron chi connectivity index (χ0n) is 6.35. The molecule has 1 aromatic carbocycles. The summed E-state index contributed by atoms with van der Waals surface area (Å²) < 4.78 is 36.2. The summed E-state index contributed by atoms with van der Waals surface area (Å²) in [5, 5.41) is 0. The van der Waals surface area contributed by atoms with Gasteiger partial charge in [0.2, 0.25) is 0 Å². The second-order valence-electron chi connectivity index (χ2n) is 2.42. The number of halogens is 3. The van der Waals surface area contributed by atoms with Crippen molar-refractivity contribution in [2.24, 2.45) is 0 Å². The van der Waals surface area contributed by atoms with Gasteiger partial charge in [0.15, 0.2) is 6.29 Å². The fourth-order valence-electron chi connectivity index (χ4n) is 0.837. The van der Waals surface area contributed by atoms with Crippen LogP contribution in [0.3, 0.4) is 0 Å². The Labute approximate surface area is 72.2 Å². The minimum absolute atomic E-state index is 0.206. The Morgan fingerprint density at radius 3 is 2.38 bits per heavy atom. The van der Waals surface area contributed by atoms with E-state index in [0.717, 1.165) is 12.1 Å². The molecule has 1 aromatic rings. The van der Waals surface area contributed by atoms with Gasteiger partial charge in [0.1, 0.15) is 0 Å². The third kappa shape index (κ3) is 1.99. The van der Waals surface area contributed by atoms with Crippen molar-refractivity contribution in [2.45, 2.75) is 6.18 Å². The molecule has 13 heavy (non-hydrogen) atoms. The first kappa shape index (κ1) is 9.57. The number of carbonyl (C=O) groups is 1. The summed E-state index contributed by atoms with van der Waals surface area (Å²) in [5.74, 6) is 0. The molecule has 0 aliphatic rings. The fraction of sp³-hybridized carbons (Fsp3) is 0.125. The van der Waals surface area contributed by atoms with E-state index >= 15 is 0 Å². The van der Waals surface area contributed by atoms with E-state index in [0.29, 0.717) is 6.07 Å². The molecule has 0 atom stereocenters. The fourth-order valence-corrected chi connectivity index (χ4v) is 0.837. The van der Waals surface area contributed by atoms with Crippen LogP contribution in [0.4, 0.5) is 18.9 Å². The van der Waals surface area contributed by atoms with Gasteiger partial charge in [-0.2, -0.15) is 13.2 Å². The number of nitrogens with one attached hydrogen (secondary N) is 1. The first-order valence-corrected chi connectivity index (χ1v) is 3.33. The summed E-state index contributed by atoms with van der Waals surface area (Å²) in [5.41, 5.74) is 5.70. The Morgan fingerprint density at radius 2 is 1.92 bits per heavy atom. The molecule has 1 N–H and O–H groups in total. The quantitative estimate of drug-likeness (QED) is 0.624.